The molecule has 25 heavy (non-hydrogen) atoms. The van der Waals surface area contributed by atoms with Crippen LogP contribution < -0.4 is 4.90 Å². The number of hydrogen-bond donors (Lipinski definition) is 1. The van der Waals surface area contributed by atoms with Crippen molar-refractivity contribution in [2.45, 2.75) is 51.3 Å². The van der Waals surface area contributed by atoms with Gasteiger partial charge in [0.05, 0.1) is 13.1 Å². The first-order valence-electron chi connectivity index (χ1n) is 8.59. The number of aromatic nitrogens is 4. The minimum absolute atomic E-state index is 0.740. The largest absolute Gasteiger partial charge is 0.329 e. The van der Waals surface area contributed by atoms with E-state index in [1.807, 2.05) is 13.0 Å². The van der Waals surface area contributed by atoms with E-state index in [2.05, 4.69) is 37.7 Å². The summed E-state index contributed by atoms with van der Waals surface area (Å²) in [5.41, 5.74) is 2.23. The fraction of sp³-hybridized carbons (Fsp3) is 0.444. The molecule has 5 nitrogen and oxygen atoms in total. The molecule has 3 rings (SSSR count). The van der Waals surface area contributed by atoms with E-state index in [1.165, 1.54) is 27.1 Å². The third kappa shape index (κ3) is 3.99. The fourth-order valence-electron chi connectivity index (χ4n) is 2.69. The van der Waals surface area contributed by atoms with Crippen LogP contribution in [0.5, 0.6) is 0 Å². The van der Waals surface area contributed by atoms with Gasteiger partial charge in [0.15, 0.2) is 11.0 Å². The topological polar surface area (TPSA) is 56.0 Å². The van der Waals surface area contributed by atoms with Crippen LogP contribution in [0.15, 0.2) is 22.4 Å². The molecule has 0 unspecified atom stereocenters. The first-order valence-corrected chi connectivity index (χ1v) is 10.2. The van der Waals surface area contributed by atoms with Crippen molar-refractivity contribution in [3.05, 3.63) is 34.2 Å². The Morgan fingerprint density at radius 3 is 2.52 bits per heavy atom. The maximum absolute atomic E-state index is 4.89. The van der Waals surface area contributed by atoms with E-state index in [0.717, 1.165) is 51.6 Å². The molecule has 3 aromatic rings. The molecule has 0 saturated heterocycles. The predicted molar refractivity (Wildman–Crippen MR) is 104 cm³/mol. The van der Waals surface area contributed by atoms with Gasteiger partial charge in [-0.2, -0.15) is 0 Å². The molecule has 0 bridgehead atoms. The number of fused-ring (bicyclic) bond motifs is 1. The molecule has 0 aliphatic rings. The average molecular weight is 375 g/mol. The van der Waals surface area contributed by atoms with Crippen LogP contribution in [-0.2, 0) is 6.54 Å². The lowest BCUT2D eigenvalue weighted by Gasteiger charge is -2.14. The van der Waals surface area contributed by atoms with Crippen LogP contribution in [0, 0.1) is 20.8 Å². The lowest BCUT2D eigenvalue weighted by Crippen LogP contribution is -3.10. The first-order chi connectivity index (χ1) is 12.0. The van der Waals surface area contributed by atoms with Crippen LogP contribution in [0.1, 0.15) is 35.8 Å². The molecular formula is C18H24N5S2+. The summed E-state index contributed by atoms with van der Waals surface area (Å²) in [7, 11) is 0. The lowest BCUT2D eigenvalue weighted by molar-refractivity contribution is -0.910. The van der Waals surface area contributed by atoms with Crippen LogP contribution >= 0.6 is 23.1 Å². The molecule has 3 heterocycles. The Kier molecular flexibility index (Phi) is 5.66. The van der Waals surface area contributed by atoms with Gasteiger partial charge in [-0.1, -0.05) is 0 Å². The summed E-state index contributed by atoms with van der Waals surface area (Å²) < 4.78 is 0. The van der Waals surface area contributed by atoms with E-state index in [-0.39, 0.29) is 0 Å². The van der Waals surface area contributed by atoms with Gasteiger partial charge >= 0.3 is 0 Å². The molecule has 0 spiro atoms. The van der Waals surface area contributed by atoms with Gasteiger partial charge in [-0.3, -0.25) is 0 Å². The second-order valence-electron chi connectivity index (χ2n) is 6.12. The summed E-state index contributed by atoms with van der Waals surface area (Å²) >= 11 is 3.29. The van der Waals surface area contributed by atoms with E-state index in [0.29, 0.717) is 0 Å². The van der Waals surface area contributed by atoms with Gasteiger partial charge in [0.25, 0.3) is 0 Å². The fourth-order valence-corrected chi connectivity index (χ4v) is 4.78. The van der Waals surface area contributed by atoms with Crippen molar-refractivity contribution in [3.8, 4) is 0 Å². The van der Waals surface area contributed by atoms with Crippen molar-refractivity contribution >= 4 is 33.3 Å². The van der Waals surface area contributed by atoms with E-state index in [4.69, 9.17) is 9.97 Å². The molecular weight excluding hydrogens is 350 g/mol. The zero-order valence-electron chi connectivity index (χ0n) is 15.4. The molecule has 0 saturated carbocycles. The lowest BCUT2D eigenvalue weighted by atomic mass is 10.2. The van der Waals surface area contributed by atoms with Crippen LogP contribution in [0.4, 0.5) is 0 Å². The molecule has 0 fully saturated rings. The summed E-state index contributed by atoms with van der Waals surface area (Å²) in [6.07, 6.45) is 1.80. The van der Waals surface area contributed by atoms with Crippen molar-refractivity contribution in [1.29, 1.82) is 0 Å². The van der Waals surface area contributed by atoms with E-state index in [9.17, 15) is 0 Å². The van der Waals surface area contributed by atoms with Crippen molar-refractivity contribution in [2.24, 2.45) is 0 Å². The highest BCUT2D eigenvalue weighted by molar-refractivity contribution is 7.99. The predicted octanol–water partition coefficient (Wildman–Crippen LogP) is 2.98. The Labute approximate surface area is 156 Å². The molecule has 1 N–H and O–H groups in total. The zero-order chi connectivity index (χ0) is 18.0. The number of thiophene rings is 1. The highest BCUT2D eigenvalue weighted by Crippen LogP contribution is 2.36. The maximum Gasteiger partial charge on any atom is 0.194 e. The number of quaternary nitrogens is 1. The van der Waals surface area contributed by atoms with Gasteiger partial charge < -0.3 is 4.90 Å². The molecule has 132 valence electrons. The molecule has 0 atom stereocenters. The minimum Gasteiger partial charge on any atom is -0.329 e. The maximum atomic E-state index is 4.89. The van der Waals surface area contributed by atoms with Gasteiger partial charge in [-0.05, 0) is 58.0 Å². The third-order valence-electron chi connectivity index (χ3n) is 4.41. The van der Waals surface area contributed by atoms with Crippen molar-refractivity contribution in [2.75, 3.05) is 13.1 Å². The SMILES string of the molecule is CC[NH+](CC)Cc1nc(Sc2nccc(C)n2)c2c(C)c(C)sc2n1. The molecule has 3 aromatic heterocycles. The van der Waals surface area contributed by atoms with Gasteiger partial charge in [-0.25, -0.2) is 19.9 Å². The Hall–Kier alpha value is -1.57. The molecule has 0 aliphatic heterocycles. The highest BCUT2D eigenvalue weighted by Gasteiger charge is 2.18. The van der Waals surface area contributed by atoms with Crippen LogP contribution in [-0.4, -0.2) is 33.0 Å². The van der Waals surface area contributed by atoms with E-state index < -0.39 is 0 Å². The second kappa shape index (κ2) is 7.76. The summed E-state index contributed by atoms with van der Waals surface area (Å²) in [5, 5.41) is 2.86. The van der Waals surface area contributed by atoms with Crippen LogP contribution in [0.2, 0.25) is 0 Å². The normalized spacial score (nSPS) is 11.6. The molecule has 0 aromatic carbocycles. The quantitative estimate of drug-likeness (QED) is 0.531. The number of nitrogens with zero attached hydrogens (tertiary/aromatic N) is 4. The average Bonchev–Trinajstić information content (AvgIpc) is 2.87. The summed E-state index contributed by atoms with van der Waals surface area (Å²) in [4.78, 5) is 22.5. The molecule has 0 amide bonds. The Morgan fingerprint density at radius 1 is 1.08 bits per heavy atom. The summed E-state index contributed by atoms with van der Waals surface area (Å²) in [6, 6.07) is 1.91. The second-order valence-corrected chi connectivity index (χ2v) is 8.28. The molecule has 0 radical (unpaired) electrons. The first kappa shape index (κ1) is 18.2. The molecule has 0 aliphatic carbocycles. The van der Waals surface area contributed by atoms with Gasteiger partial charge in [0.1, 0.15) is 16.4 Å². The highest BCUT2D eigenvalue weighted by atomic mass is 32.2. The van der Waals surface area contributed by atoms with Crippen molar-refractivity contribution in [1.82, 2.24) is 19.9 Å². The monoisotopic (exact) mass is 374 g/mol. The minimum atomic E-state index is 0.740. The van der Waals surface area contributed by atoms with Gasteiger partial charge in [0, 0.05) is 22.2 Å². The number of rotatable bonds is 6. The smallest absolute Gasteiger partial charge is 0.194 e. The molecule has 7 heteroatoms. The third-order valence-corrected chi connectivity index (χ3v) is 6.38. The summed E-state index contributed by atoms with van der Waals surface area (Å²) in [5.74, 6) is 0.905. The van der Waals surface area contributed by atoms with Crippen molar-refractivity contribution < 1.29 is 4.90 Å². The van der Waals surface area contributed by atoms with Gasteiger partial charge in [-0.15, -0.1) is 11.3 Å². The van der Waals surface area contributed by atoms with Crippen LogP contribution in [0.3, 0.4) is 0 Å². The number of aryl methyl sites for hydroxylation is 3. The number of hydrogen-bond acceptors (Lipinski definition) is 6. The van der Waals surface area contributed by atoms with Crippen molar-refractivity contribution in [3.63, 3.8) is 0 Å². The van der Waals surface area contributed by atoms with Crippen LogP contribution in [0.25, 0.3) is 10.2 Å². The Morgan fingerprint density at radius 2 is 1.84 bits per heavy atom. The zero-order valence-corrected chi connectivity index (χ0v) is 17.0. The van der Waals surface area contributed by atoms with Gasteiger partial charge in [0.2, 0.25) is 0 Å². The van der Waals surface area contributed by atoms with E-state index in [1.54, 1.807) is 17.5 Å². The Bertz CT molecular complexity index is 887. The number of nitrogens with one attached hydrogen (secondary N) is 1. The van der Waals surface area contributed by atoms with E-state index >= 15 is 0 Å². The summed E-state index contributed by atoms with van der Waals surface area (Å²) in [6.45, 7) is 13.7. The standard InChI is InChI=1S/C18H23N5S2/c1-6-23(7-2)10-14-21-16-15(12(4)13(5)24-16)17(22-14)25-18-19-9-8-11(3)20-18/h8-9H,6-7,10H2,1-5H3/p+1. The Balaban J connectivity index is 2.07.